The molecule has 0 atom stereocenters. The Morgan fingerprint density at radius 2 is 2.33 bits per heavy atom. The van der Waals surface area contributed by atoms with Crippen molar-refractivity contribution < 1.29 is 4.74 Å². The second-order valence-corrected chi connectivity index (χ2v) is 2.31. The SMILES string of the molecule is CC(C)CCO/C=N\N. The Bertz CT molecular complexity index is 81.1. The Morgan fingerprint density at radius 1 is 1.67 bits per heavy atom. The molecule has 0 aromatic heterocycles. The molecule has 0 aromatic carbocycles. The second-order valence-electron chi connectivity index (χ2n) is 2.31. The molecule has 0 amide bonds. The van der Waals surface area contributed by atoms with E-state index in [1.807, 2.05) is 0 Å². The first-order chi connectivity index (χ1) is 4.27. The summed E-state index contributed by atoms with van der Waals surface area (Å²) in [7, 11) is 0. The van der Waals surface area contributed by atoms with Crippen LogP contribution in [0.3, 0.4) is 0 Å². The predicted octanol–water partition coefficient (Wildman–Crippen LogP) is 0.951. The van der Waals surface area contributed by atoms with Crippen molar-refractivity contribution >= 4 is 6.40 Å². The lowest BCUT2D eigenvalue weighted by Gasteiger charge is -2.01. The summed E-state index contributed by atoms with van der Waals surface area (Å²) in [5, 5.41) is 3.19. The van der Waals surface area contributed by atoms with Crippen molar-refractivity contribution in [2.24, 2.45) is 16.9 Å². The molecule has 0 fully saturated rings. The largest absolute Gasteiger partial charge is 0.482 e. The van der Waals surface area contributed by atoms with E-state index in [9.17, 15) is 0 Å². The minimum absolute atomic E-state index is 0.677. The minimum atomic E-state index is 0.677. The van der Waals surface area contributed by atoms with Crippen LogP contribution in [0.2, 0.25) is 0 Å². The van der Waals surface area contributed by atoms with Crippen molar-refractivity contribution in [3.8, 4) is 0 Å². The van der Waals surface area contributed by atoms with E-state index in [0.717, 1.165) is 6.42 Å². The maximum absolute atomic E-state index is 4.88. The highest BCUT2D eigenvalue weighted by Crippen LogP contribution is 1.97. The third-order valence-electron chi connectivity index (χ3n) is 0.948. The van der Waals surface area contributed by atoms with Crippen molar-refractivity contribution in [2.75, 3.05) is 6.61 Å². The van der Waals surface area contributed by atoms with Gasteiger partial charge in [-0.25, -0.2) is 0 Å². The molecule has 2 N–H and O–H groups in total. The lowest BCUT2D eigenvalue weighted by atomic mass is 10.1. The van der Waals surface area contributed by atoms with E-state index < -0.39 is 0 Å². The second kappa shape index (κ2) is 5.41. The smallest absolute Gasteiger partial charge is 0.192 e. The van der Waals surface area contributed by atoms with Gasteiger partial charge in [-0.1, -0.05) is 13.8 Å². The van der Waals surface area contributed by atoms with Crippen LogP contribution >= 0.6 is 0 Å². The molecule has 0 aliphatic rings. The van der Waals surface area contributed by atoms with E-state index in [-0.39, 0.29) is 0 Å². The maximum atomic E-state index is 4.88. The molecule has 0 bridgehead atoms. The average Bonchev–Trinajstić information content (AvgIpc) is 1.80. The fraction of sp³-hybridized carbons (Fsp3) is 0.833. The van der Waals surface area contributed by atoms with Gasteiger partial charge < -0.3 is 10.6 Å². The van der Waals surface area contributed by atoms with Crippen LogP contribution < -0.4 is 5.84 Å². The van der Waals surface area contributed by atoms with Crippen LogP contribution in [0, 0.1) is 5.92 Å². The zero-order valence-electron chi connectivity index (χ0n) is 6.00. The zero-order chi connectivity index (χ0) is 7.11. The summed E-state index contributed by atoms with van der Waals surface area (Å²) >= 11 is 0. The number of hydrogen-bond acceptors (Lipinski definition) is 3. The summed E-state index contributed by atoms with van der Waals surface area (Å²) in [5.41, 5.74) is 0. The fourth-order valence-corrected chi connectivity index (χ4v) is 0.399. The van der Waals surface area contributed by atoms with Crippen molar-refractivity contribution in [3.63, 3.8) is 0 Å². The van der Waals surface area contributed by atoms with Crippen molar-refractivity contribution in [1.82, 2.24) is 0 Å². The Kier molecular flexibility index (Phi) is 4.97. The van der Waals surface area contributed by atoms with Gasteiger partial charge in [-0.05, 0) is 12.3 Å². The molecule has 0 rings (SSSR count). The molecule has 3 nitrogen and oxygen atoms in total. The molecule has 0 saturated heterocycles. The Hall–Kier alpha value is -0.730. The van der Waals surface area contributed by atoms with E-state index in [4.69, 9.17) is 10.6 Å². The van der Waals surface area contributed by atoms with Gasteiger partial charge in [0.15, 0.2) is 6.40 Å². The molecule has 0 saturated carbocycles. The molecule has 54 valence electrons. The van der Waals surface area contributed by atoms with Gasteiger partial charge in [0.2, 0.25) is 0 Å². The van der Waals surface area contributed by atoms with Gasteiger partial charge >= 0.3 is 0 Å². The molecule has 0 unspecified atom stereocenters. The third kappa shape index (κ3) is 7.27. The van der Waals surface area contributed by atoms with Crippen LogP contribution in [-0.4, -0.2) is 13.0 Å². The van der Waals surface area contributed by atoms with Crippen LogP contribution in [0.25, 0.3) is 0 Å². The number of ether oxygens (including phenoxy) is 1. The molecular formula is C6H14N2O. The average molecular weight is 130 g/mol. The summed E-state index contributed by atoms with van der Waals surface area (Å²) in [6.45, 7) is 4.99. The molecule has 0 spiro atoms. The van der Waals surface area contributed by atoms with Gasteiger partial charge in [0.05, 0.1) is 6.61 Å². The molecule has 0 heterocycles. The first-order valence-electron chi connectivity index (χ1n) is 3.10. The number of hydrogen-bond donors (Lipinski definition) is 1. The highest BCUT2D eigenvalue weighted by Gasteiger charge is 1.90. The van der Waals surface area contributed by atoms with Gasteiger partial charge in [-0.3, -0.25) is 0 Å². The topological polar surface area (TPSA) is 47.6 Å². The Morgan fingerprint density at radius 3 is 2.78 bits per heavy atom. The van der Waals surface area contributed by atoms with Crippen molar-refractivity contribution in [1.29, 1.82) is 0 Å². The zero-order valence-corrected chi connectivity index (χ0v) is 6.00. The van der Waals surface area contributed by atoms with Crippen molar-refractivity contribution in [2.45, 2.75) is 20.3 Å². The van der Waals surface area contributed by atoms with Gasteiger partial charge in [-0.15, -0.1) is 0 Å². The third-order valence-corrected chi connectivity index (χ3v) is 0.948. The van der Waals surface area contributed by atoms with E-state index in [1.165, 1.54) is 6.40 Å². The molecule has 0 aliphatic heterocycles. The van der Waals surface area contributed by atoms with E-state index in [2.05, 4.69) is 18.9 Å². The molecule has 0 aromatic rings. The normalized spacial score (nSPS) is 11.0. The van der Waals surface area contributed by atoms with Crippen LogP contribution in [0.15, 0.2) is 5.10 Å². The van der Waals surface area contributed by atoms with E-state index >= 15 is 0 Å². The Balaban J connectivity index is 2.91. The number of nitrogens with zero attached hydrogens (tertiary/aromatic N) is 1. The molecular weight excluding hydrogens is 116 g/mol. The Labute approximate surface area is 55.9 Å². The lowest BCUT2D eigenvalue weighted by molar-refractivity contribution is 0.289. The summed E-state index contributed by atoms with van der Waals surface area (Å²) in [5.74, 6) is 5.47. The lowest BCUT2D eigenvalue weighted by Crippen LogP contribution is -1.97. The van der Waals surface area contributed by atoms with Crippen LogP contribution in [0.5, 0.6) is 0 Å². The first kappa shape index (κ1) is 8.27. The summed E-state index contributed by atoms with van der Waals surface area (Å²) in [6, 6.07) is 0. The molecule has 3 heteroatoms. The molecule has 9 heavy (non-hydrogen) atoms. The predicted molar refractivity (Wildman–Crippen MR) is 38.1 cm³/mol. The fourth-order valence-electron chi connectivity index (χ4n) is 0.399. The number of hydrazone groups is 1. The van der Waals surface area contributed by atoms with Gasteiger partial charge in [0.1, 0.15) is 0 Å². The van der Waals surface area contributed by atoms with Gasteiger partial charge in [-0.2, -0.15) is 5.10 Å². The van der Waals surface area contributed by atoms with Gasteiger partial charge in [0, 0.05) is 0 Å². The standard InChI is InChI=1S/C6H14N2O/c1-6(2)3-4-9-5-8-7/h5-6H,3-4,7H2,1-2H3/b8-5-. The van der Waals surface area contributed by atoms with E-state index in [0.29, 0.717) is 12.5 Å². The van der Waals surface area contributed by atoms with Crippen LogP contribution in [0.4, 0.5) is 0 Å². The number of rotatable bonds is 4. The summed E-state index contributed by atoms with van der Waals surface area (Å²) in [6.07, 6.45) is 2.31. The summed E-state index contributed by atoms with van der Waals surface area (Å²) in [4.78, 5) is 0. The molecule has 0 radical (unpaired) electrons. The molecule has 0 aliphatic carbocycles. The number of nitrogens with two attached hydrogens (primary N) is 1. The van der Waals surface area contributed by atoms with E-state index in [1.54, 1.807) is 0 Å². The van der Waals surface area contributed by atoms with Crippen molar-refractivity contribution in [3.05, 3.63) is 0 Å². The minimum Gasteiger partial charge on any atom is -0.482 e. The quantitative estimate of drug-likeness (QED) is 0.202. The van der Waals surface area contributed by atoms with Crippen LogP contribution in [0.1, 0.15) is 20.3 Å². The van der Waals surface area contributed by atoms with Crippen LogP contribution in [-0.2, 0) is 4.74 Å². The first-order valence-corrected chi connectivity index (χ1v) is 3.10. The maximum Gasteiger partial charge on any atom is 0.192 e. The monoisotopic (exact) mass is 130 g/mol. The van der Waals surface area contributed by atoms with Gasteiger partial charge in [0.25, 0.3) is 0 Å². The summed E-state index contributed by atoms with van der Waals surface area (Å²) < 4.78 is 4.88. The highest BCUT2D eigenvalue weighted by molar-refractivity contribution is 5.45. The highest BCUT2D eigenvalue weighted by atomic mass is 16.5.